The highest BCUT2D eigenvalue weighted by Gasteiger charge is 2.26. The molecule has 0 bridgehead atoms. The molecule has 2 atom stereocenters. The zero-order valence-corrected chi connectivity index (χ0v) is 20.5. The van der Waals surface area contributed by atoms with Gasteiger partial charge in [-0.25, -0.2) is 5.43 Å². The number of nitrogens with zero attached hydrogens (tertiary/aromatic N) is 2. The first-order chi connectivity index (χ1) is 17.1. The molecule has 3 aliphatic rings. The van der Waals surface area contributed by atoms with Crippen LogP contribution in [0.3, 0.4) is 0 Å². The quantitative estimate of drug-likeness (QED) is 0.491. The number of anilines is 1. The number of carbonyl (C=O) groups is 1. The number of hydrogen-bond acceptors (Lipinski definition) is 6. The molecule has 0 radical (unpaired) electrons. The number of aliphatic hydroxyl groups excluding tert-OH is 1. The van der Waals surface area contributed by atoms with Gasteiger partial charge in [0.2, 0.25) is 5.91 Å². The van der Waals surface area contributed by atoms with Crippen molar-refractivity contribution in [1.82, 2.24) is 21.1 Å². The first-order valence-electron chi connectivity index (χ1n) is 13.2. The molecule has 4 N–H and O–H groups in total. The largest absolute Gasteiger partial charge is 0.393 e. The lowest BCUT2D eigenvalue weighted by atomic mass is 10.0. The summed E-state index contributed by atoms with van der Waals surface area (Å²) in [5.41, 5.74) is 10.6. The van der Waals surface area contributed by atoms with Crippen molar-refractivity contribution in [2.24, 2.45) is 0 Å². The summed E-state index contributed by atoms with van der Waals surface area (Å²) < 4.78 is 0. The molecule has 0 aromatic heterocycles. The van der Waals surface area contributed by atoms with Gasteiger partial charge in [-0.05, 0) is 55.4 Å². The fraction of sp³-hybridized carbons (Fsp3) is 0.536. The third-order valence-electron chi connectivity index (χ3n) is 7.81. The van der Waals surface area contributed by atoms with Gasteiger partial charge in [0.05, 0.1) is 12.5 Å². The molecule has 3 heterocycles. The molecule has 0 aliphatic carbocycles. The Morgan fingerprint density at radius 1 is 0.914 bits per heavy atom. The molecular formula is C28H39N5O2. The predicted octanol–water partition coefficient (Wildman–Crippen LogP) is 2.38. The van der Waals surface area contributed by atoms with E-state index < -0.39 is 0 Å². The second kappa shape index (κ2) is 11.5. The lowest BCUT2D eigenvalue weighted by Gasteiger charge is -2.34. The van der Waals surface area contributed by atoms with E-state index in [9.17, 15) is 9.90 Å². The Hall–Kier alpha value is -2.45. The van der Waals surface area contributed by atoms with Crippen LogP contribution in [-0.2, 0) is 11.2 Å². The van der Waals surface area contributed by atoms with Gasteiger partial charge in [-0.1, -0.05) is 42.5 Å². The molecule has 2 aromatic carbocycles. The maximum Gasteiger partial charge on any atom is 0.226 e. The normalized spacial score (nSPS) is 24.1. The highest BCUT2D eigenvalue weighted by molar-refractivity contribution is 5.79. The summed E-state index contributed by atoms with van der Waals surface area (Å²) in [6, 6.07) is 20.6. The molecule has 188 valence electrons. The van der Waals surface area contributed by atoms with Crippen LogP contribution in [0.15, 0.2) is 54.6 Å². The van der Waals surface area contributed by atoms with E-state index in [1.807, 2.05) is 4.90 Å². The summed E-state index contributed by atoms with van der Waals surface area (Å²) in [6.45, 7) is 4.42. The minimum Gasteiger partial charge on any atom is -0.393 e. The molecule has 2 unspecified atom stereocenters. The number of hydrazine groups is 1. The molecule has 2 aromatic rings. The van der Waals surface area contributed by atoms with Gasteiger partial charge in [0.1, 0.15) is 0 Å². The first kappa shape index (κ1) is 24.3. The highest BCUT2D eigenvalue weighted by Crippen LogP contribution is 2.23. The van der Waals surface area contributed by atoms with Crippen LogP contribution < -0.4 is 21.1 Å². The highest BCUT2D eigenvalue weighted by atomic mass is 16.3. The van der Waals surface area contributed by atoms with Gasteiger partial charge in [0.25, 0.3) is 0 Å². The number of likely N-dealkylation sites (tertiary alicyclic amines) is 1. The fourth-order valence-electron chi connectivity index (χ4n) is 5.54. The van der Waals surface area contributed by atoms with Crippen LogP contribution in [0, 0.1) is 0 Å². The number of rotatable bonds is 7. The second-order valence-corrected chi connectivity index (χ2v) is 10.3. The van der Waals surface area contributed by atoms with Crippen LogP contribution in [0.4, 0.5) is 5.69 Å². The summed E-state index contributed by atoms with van der Waals surface area (Å²) in [7, 11) is 0. The summed E-state index contributed by atoms with van der Waals surface area (Å²) in [4.78, 5) is 16.9. The standard InChI is InChI=1S/C28H39N5O2/c34-26-12-16-33(17-13-26)28(35)18-21-6-8-25(9-7-21)32-14-10-23(11-15-32)29-20-24-19-27(31-30-24)22-4-2-1-3-5-22/h1-9,23-24,26-27,29-31,34H,10-20H2. The van der Waals surface area contributed by atoms with Crippen LogP contribution in [0.25, 0.3) is 0 Å². The number of aliphatic hydroxyl groups is 1. The topological polar surface area (TPSA) is 79.9 Å². The molecule has 0 saturated carbocycles. The molecule has 3 saturated heterocycles. The van der Waals surface area contributed by atoms with E-state index in [2.05, 4.69) is 75.7 Å². The van der Waals surface area contributed by atoms with Crippen molar-refractivity contribution in [3.05, 3.63) is 65.7 Å². The van der Waals surface area contributed by atoms with Crippen molar-refractivity contribution >= 4 is 11.6 Å². The van der Waals surface area contributed by atoms with Gasteiger partial charge < -0.3 is 20.2 Å². The van der Waals surface area contributed by atoms with Gasteiger partial charge in [0, 0.05) is 56.5 Å². The van der Waals surface area contributed by atoms with Crippen molar-refractivity contribution < 1.29 is 9.90 Å². The third-order valence-corrected chi connectivity index (χ3v) is 7.81. The van der Waals surface area contributed by atoms with Crippen LogP contribution in [-0.4, -0.2) is 66.8 Å². The molecular weight excluding hydrogens is 438 g/mol. The molecule has 0 spiro atoms. The van der Waals surface area contributed by atoms with E-state index in [4.69, 9.17) is 0 Å². The van der Waals surface area contributed by atoms with E-state index in [1.165, 1.54) is 11.3 Å². The number of nitrogens with one attached hydrogen (secondary N) is 3. The Labute approximate surface area is 208 Å². The third kappa shape index (κ3) is 6.41. The van der Waals surface area contributed by atoms with Gasteiger partial charge in [0.15, 0.2) is 0 Å². The smallest absolute Gasteiger partial charge is 0.226 e. The zero-order valence-electron chi connectivity index (χ0n) is 20.5. The lowest BCUT2D eigenvalue weighted by Crippen LogP contribution is -2.46. The summed E-state index contributed by atoms with van der Waals surface area (Å²) in [5, 5.41) is 13.4. The number of hydrogen-bond donors (Lipinski definition) is 4. The van der Waals surface area contributed by atoms with E-state index in [-0.39, 0.29) is 12.0 Å². The van der Waals surface area contributed by atoms with Gasteiger partial charge in [-0.15, -0.1) is 0 Å². The Kier molecular flexibility index (Phi) is 7.99. The van der Waals surface area contributed by atoms with Crippen molar-refractivity contribution in [1.29, 1.82) is 0 Å². The number of piperidine rings is 2. The van der Waals surface area contributed by atoms with E-state index >= 15 is 0 Å². The molecule has 7 heteroatoms. The number of benzene rings is 2. The average molecular weight is 478 g/mol. The van der Waals surface area contributed by atoms with Crippen molar-refractivity contribution in [3.8, 4) is 0 Å². The minimum atomic E-state index is -0.249. The fourth-order valence-corrected chi connectivity index (χ4v) is 5.54. The van der Waals surface area contributed by atoms with Crippen molar-refractivity contribution in [2.45, 2.75) is 62.8 Å². The minimum absolute atomic E-state index is 0.165. The van der Waals surface area contributed by atoms with Crippen LogP contribution in [0.2, 0.25) is 0 Å². The first-order valence-corrected chi connectivity index (χ1v) is 13.2. The molecule has 7 nitrogen and oxygen atoms in total. The Morgan fingerprint density at radius 2 is 1.63 bits per heavy atom. The van der Waals surface area contributed by atoms with Gasteiger partial charge in [-0.3, -0.25) is 10.2 Å². The number of amides is 1. The Balaban J connectivity index is 1.02. The molecule has 35 heavy (non-hydrogen) atoms. The maximum absolute atomic E-state index is 12.6. The zero-order chi connectivity index (χ0) is 24.0. The molecule has 1 amide bonds. The predicted molar refractivity (Wildman–Crippen MR) is 139 cm³/mol. The monoisotopic (exact) mass is 477 g/mol. The summed E-state index contributed by atoms with van der Waals surface area (Å²) in [5.74, 6) is 0.165. The van der Waals surface area contributed by atoms with Crippen LogP contribution >= 0.6 is 0 Å². The molecule has 5 rings (SSSR count). The van der Waals surface area contributed by atoms with Gasteiger partial charge >= 0.3 is 0 Å². The summed E-state index contributed by atoms with van der Waals surface area (Å²) in [6.07, 6.45) is 4.96. The Morgan fingerprint density at radius 3 is 2.34 bits per heavy atom. The van der Waals surface area contributed by atoms with Crippen molar-refractivity contribution in [3.63, 3.8) is 0 Å². The van der Waals surface area contributed by atoms with E-state index in [0.717, 1.165) is 44.5 Å². The summed E-state index contributed by atoms with van der Waals surface area (Å²) >= 11 is 0. The van der Waals surface area contributed by atoms with E-state index in [1.54, 1.807) is 0 Å². The molecule has 3 fully saturated rings. The Bertz CT molecular complexity index is 938. The molecule has 3 aliphatic heterocycles. The van der Waals surface area contributed by atoms with Gasteiger partial charge in [-0.2, -0.15) is 0 Å². The van der Waals surface area contributed by atoms with Crippen LogP contribution in [0.5, 0.6) is 0 Å². The SMILES string of the molecule is O=C(Cc1ccc(N2CCC(NCC3CC(c4ccccc4)NN3)CC2)cc1)N1CCC(O)CC1. The van der Waals surface area contributed by atoms with E-state index in [0.29, 0.717) is 50.5 Å². The maximum atomic E-state index is 12.6. The van der Waals surface area contributed by atoms with Crippen molar-refractivity contribution in [2.75, 3.05) is 37.6 Å². The average Bonchev–Trinajstić information content (AvgIpc) is 3.38. The second-order valence-electron chi connectivity index (χ2n) is 10.3. The lowest BCUT2D eigenvalue weighted by molar-refractivity contribution is -0.132. The number of carbonyl (C=O) groups excluding carboxylic acids is 1. The van der Waals surface area contributed by atoms with Crippen LogP contribution in [0.1, 0.15) is 49.3 Å².